The molecule has 3 N–H and O–H groups in total. The SMILES string of the molecule is CCC(CN)CC(=O)Nc1cc([N+](=O)[O-])ccc1F. The van der Waals surface area contributed by atoms with Gasteiger partial charge in [0.1, 0.15) is 5.82 Å². The van der Waals surface area contributed by atoms with Crippen molar-refractivity contribution in [1.29, 1.82) is 0 Å². The molecule has 1 amide bonds. The van der Waals surface area contributed by atoms with Crippen LogP contribution in [0.3, 0.4) is 0 Å². The number of carbonyl (C=O) groups is 1. The van der Waals surface area contributed by atoms with Crippen LogP contribution in [-0.2, 0) is 4.79 Å². The summed E-state index contributed by atoms with van der Waals surface area (Å²) in [5, 5.41) is 12.9. The summed E-state index contributed by atoms with van der Waals surface area (Å²) in [5.74, 6) is -1.10. The molecule has 0 fully saturated rings. The molecule has 0 spiro atoms. The highest BCUT2D eigenvalue weighted by atomic mass is 19.1. The minimum Gasteiger partial charge on any atom is -0.330 e. The van der Waals surface area contributed by atoms with Crippen molar-refractivity contribution in [1.82, 2.24) is 0 Å². The van der Waals surface area contributed by atoms with Crippen LogP contribution in [-0.4, -0.2) is 17.4 Å². The van der Waals surface area contributed by atoms with Crippen molar-refractivity contribution in [2.75, 3.05) is 11.9 Å². The zero-order valence-electron chi connectivity index (χ0n) is 10.6. The fraction of sp³-hybridized carbons (Fsp3) is 0.417. The number of nitro groups is 1. The van der Waals surface area contributed by atoms with Gasteiger partial charge in [-0.3, -0.25) is 14.9 Å². The molecule has 0 saturated carbocycles. The third-order valence-corrected chi connectivity index (χ3v) is 2.82. The Bertz CT molecular complexity index is 475. The monoisotopic (exact) mass is 269 g/mol. The molecule has 19 heavy (non-hydrogen) atoms. The molecule has 6 nitrogen and oxygen atoms in total. The topological polar surface area (TPSA) is 98.3 Å². The summed E-state index contributed by atoms with van der Waals surface area (Å²) in [6, 6.07) is 2.99. The van der Waals surface area contributed by atoms with Crippen molar-refractivity contribution in [3.05, 3.63) is 34.1 Å². The Hall–Kier alpha value is -2.02. The lowest BCUT2D eigenvalue weighted by Gasteiger charge is -2.12. The second-order valence-corrected chi connectivity index (χ2v) is 4.18. The van der Waals surface area contributed by atoms with Crippen molar-refractivity contribution in [2.24, 2.45) is 11.7 Å². The van der Waals surface area contributed by atoms with Crippen LogP contribution in [0.2, 0.25) is 0 Å². The predicted molar refractivity (Wildman–Crippen MR) is 69.1 cm³/mol. The molecule has 1 aromatic rings. The standard InChI is InChI=1S/C12H16FN3O3/c1-2-8(7-14)5-12(17)15-11-6-9(16(18)19)3-4-10(11)13/h3-4,6,8H,2,5,7,14H2,1H3,(H,15,17). The highest BCUT2D eigenvalue weighted by Crippen LogP contribution is 2.21. The lowest BCUT2D eigenvalue weighted by Crippen LogP contribution is -2.22. The van der Waals surface area contributed by atoms with Crippen molar-refractivity contribution in [3.8, 4) is 0 Å². The number of hydrogen-bond acceptors (Lipinski definition) is 4. The highest BCUT2D eigenvalue weighted by Gasteiger charge is 2.15. The summed E-state index contributed by atoms with van der Waals surface area (Å²) in [5.41, 5.74) is 5.01. The maximum absolute atomic E-state index is 13.4. The van der Waals surface area contributed by atoms with E-state index in [1.165, 1.54) is 0 Å². The summed E-state index contributed by atoms with van der Waals surface area (Å²) in [6.07, 6.45) is 0.899. The molecule has 0 aliphatic rings. The maximum Gasteiger partial charge on any atom is 0.271 e. The molecule has 0 saturated heterocycles. The molecular weight excluding hydrogens is 253 g/mol. The van der Waals surface area contributed by atoms with Gasteiger partial charge in [0.2, 0.25) is 5.91 Å². The van der Waals surface area contributed by atoms with E-state index < -0.39 is 16.6 Å². The first-order valence-corrected chi connectivity index (χ1v) is 5.91. The van der Waals surface area contributed by atoms with E-state index in [4.69, 9.17) is 5.73 Å². The summed E-state index contributed by atoms with van der Waals surface area (Å²) < 4.78 is 13.4. The maximum atomic E-state index is 13.4. The molecule has 1 rings (SSSR count). The summed E-state index contributed by atoms with van der Waals surface area (Å²) in [6.45, 7) is 2.26. The minimum atomic E-state index is -0.709. The fourth-order valence-electron chi connectivity index (χ4n) is 1.58. The molecule has 104 valence electrons. The van der Waals surface area contributed by atoms with Gasteiger partial charge >= 0.3 is 0 Å². The molecule has 0 aromatic heterocycles. The van der Waals surface area contributed by atoms with Crippen LogP contribution in [0.4, 0.5) is 15.8 Å². The molecule has 1 atom stereocenters. The molecule has 1 aromatic carbocycles. The third kappa shape index (κ3) is 4.29. The number of nitrogens with one attached hydrogen (secondary N) is 1. The van der Waals surface area contributed by atoms with Crippen molar-refractivity contribution >= 4 is 17.3 Å². The lowest BCUT2D eigenvalue weighted by atomic mass is 10.0. The number of anilines is 1. The van der Waals surface area contributed by atoms with E-state index in [9.17, 15) is 19.3 Å². The van der Waals surface area contributed by atoms with Gasteiger partial charge in [-0.05, 0) is 18.5 Å². The lowest BCUT2D eigenvalue weighted by molar-refractivity contribution is -0.384. The van der Waals surface area contributed by atoms with Gasteiger partial charge < -0.3 is 11.1 Å². The molecule has 0 bridgehead atoms. The second-order valence-electron chi connectivity index (χ2n) is 4.18. The van der Waals surface area contributed by atoms with Crippen LogP contribution in [0.5, 0.6) is 0 Å². The Balaban J connectivity index is 2.78. The van der Waals surface area contributed by atoms with E-state index in [2.05, 4.69) is 5.32 Å². The quantitative estimate of drug-likeness (QED) is 0.610. The Kier molecular flexibility index (Phi) is 5.37. The fourth-order valence-corrected chi connectivity index (χ4v) is 1.58. The van der Waals surface area contributed by atoms with Crippen LogP contribution < -0.4 is 11.1 Å². The first-order valence-electron chi connectivity index (χ1n) is 5.91. The number of rotatable bonds is 6. The van der Waals surface area contributed by atoms with E-state index in [1.54, 1.807) is 0 Å². The van der Waals surface area contributed by atoms with E-state index in [-0.39, 0.29) is 23.7 Å². The third-order valence-electron chi connectivity index (χ3n) is 2.82. The number of nitro benzene ring substituents is 1. The van der Waals surface area contributed by atoms with Gasteiger partial charge in [-0.2, -0.15) is 0 Å². The largest absolute Gasteiger partial charge is 0.330 e. The second kappa shape index (κ2) is 6.79. The summed E-state index contributed by atoms with van der Waals surface area (Å²) >= 11 is 0. The van der Waals surface area contributed by atoms with Crippen LogP contribution in [0.1, 0.15) is 19.8 Å². The average molecular weight is 269 g/mol. The van der Waals surface area contributed by atoms with Crippen LogP contribution in [0.25, 0.3) is 0 Å². The van der Waals surface area contributed by atoms with E-state index in [0.717, 1.165) is 24.6 Å². The first kappa shape index (κ1) is 15.0. The molecule has 1 unspecified atom stereocenters. The molecule has 0 aliphatic heterocycles. The molecule has 0 radical (unpaired) electrons. The number of nitrogens with zero attached hydrogens (tertiary/aromatic N) is 1. The van der Waals surface area contributed by atoms with Crippen LogP contribution in [0, 0.1) is 21.8 Å². The highest BCUT2D eigenvalue weighted by molar-refractivity contribution is 5.91. The van der Waals surface area contributed by atoms with E-state index in [1.807, 2.05) is 6.92 Å². The zero-order chi connectivity index (χ0) is 14.4. The number of non-ortho nitro benzene ring substituents is 1. The van der Waals surface area contributed by atoms with Gasteiger partial charge in [-0.1, -0.05) is 13.3 Å². The Morgan fingerprint density at radius 2 is 2.26 bits per heavy atom. The Labute approximate surface area is 109 Å². The molecular formula is C12H16FN3O3. The van der Waals surface area contributed by atoms with Gasteiger partial charge in [0, 0.05) is 18.6 Å². The van der Waals surface area contributed by atoms with E-state index >= 15 is 0 Å². The normalized spacial score (nSPS) is 11.9. The first-order chi connectivity index (χ1) is 8.97. The van der Waals surface area contributed by atoms with Gasteiger partial charge in [-0.25, -0.2) is 4.39 Å². The number of benzene rings is 1. The zero-order valence-corrected chi connectivity index (χ0v) is 10.6. The van der Waals surface area contributed by atoms with Crippen molar-refractivity contribution in [3.63, 3.8) is 0 Å². The van der Waals surface area contributed by atoms with Crippen LogP contribution >= 0.6 is 0 Å². The Morgan fingerprint density at radius 1 is 1.58 bits per heavy atom. The number of carbonyl (C=O) groups excluding carboxylic acids is 1. The smallest absolute Gasteiger partial charge is 0.271 e. The van der Waals surface area contributed by atoms with Gasteiger partial charge in [0.25, 0.3) is 5.69 Å². The number of amides is 1. The van der Waals surface area contributed by atoms with Gasteiger partial charge in [0.05, 0.1) is 10.6 Å². The van der Waals surface area contributed by atoms with Crippen molar-refractivity contribution in [2.45, 2.75) is 19.8 Å². The number of hydrogen-bond donors (Lipinski definition) is 2. The minimum absolute atomic E-state index is 0.0155. The van der Waals surface area contributed by atoms with Gasteiger partial charge in [-0.15, -0.1) is 0 Å². The van der Waals surface area contributed by atoms with Crippen LogP contribution in [0.15, 0.2) is 18.2 Å². The molecule has 0 heterocycles. The summed E-state index contributed by atoms with van der Waals surface area (Å²) in [4.78, 5) is 21.6. The average Bonchev–Trinajstić information content (AvgIpc) is 2.38. The molecule has 0 aliphatic carbocycles. The van der Waals surface area contributed by atoms with E-state index in [0.29, 0.717) is 6.54 Å². The predicted octanol–water partition coefficient (Wildman–Crippen LogP) is 2.05. The Morgan fingerprint density at radius 3 is 2.79 bits per heavy atom. The molecule has 7 heteroatoms. The number of nitrogens with two attached hydrogens (primary N) is 1. The van der Waals surface area contributed by atoms with Crippen molar-refractivity contribution < 1.29 is 14.1 Å². The number of halogens is 1. The summed E-state index contributed by atoms with van der Waals surface area (Å²) in [7, 11) is 0. The van der Waals surface area contributed by atoms with Gasteiger partial charge in [0.15, 0.2) is 0 Å².